The molecule has 0 radical (unpaired) electrons. The van der Waals surface area contributed by atoms with Gasteiger partial charge in [0.25, 0.3) is 0 Å². The van der Waals surface area contributed by atoms with Crippen LogP contribution in [-0.2, 0) is 4.74 Å². The Labute approximate surface area is 107 Å². The highest BCUT2D eigenvalue weighted by Gasteiger charge is 2.34. The van der Waals surface area contributed by atoms with Crippen molar-refractivity contribution in [3.8, 4) is 0 Å². The maximum Gasteiger partial charge on any atom is 0.122 e. The number of rotatable bonds is 1. The zero-order valence-electron chi connectivity index (χ0n) is 12.8. The summed E-state index contributed by atoms with van der Waals surface area (Å²) in [5, 5.41) is 0. The molecule has 0 aromatic rings. The molecule has 0 bridgehead atoms. The maximum atomic E-state index is 5.75. The molecule has 0 aliphatic heterocycles. The van der Waals surface area contributed by atoms with Crippen LogP contribution in [0, 0.1) is 16.7 Å². The first-order valence-corrected chi connectivity index (χ1v) is 6.58. The van der Waals surface area contributed by atoms with Gasteiger partial charge in [-0.15, -0.1) is 0 Å². The molecule has 1 heteroatoms. The summed E-state index contributed by atoms with van der Waals surface area (Å²) in [6, 6.07) is 0. The quantitative estimate of drug-likeness (QED) is 0.626. The molecule has 17 heavy (non-hydrogen) atoms. The molecular weight excluding hydrogens is 208 g/mol. The molecule has 0 aromatic carbocycles. The van der Waals surface area contributed by atoms with E-state index in [0.29, 0.717) is 5.92 Å². The molecule has 0 saturated heterocycles. The second-order valence-electron chi connectivity index (χ2n) is 7.20. The van der Waals surface area contributed by atoms with E-state index in [0.717, 1.165) is 12.2 Å². The van der Waals surface area contributed by atoms with Gasteiger partial charge in [-0.3, -0.25) is 0 Å². The third-order valence-corrected chi connectivity index (χ3v) is 3.48. The minimum Gasteiger partial charge on any atom is -0.496 e. The molecule has 1 rings (SSSR count). The van der Waals surface area contributed by atoms with Crippen molar-refractivity contribution >= 4 is 0 Å². The maximum absolute atomic E-state index is 5.75. The molecule has 98 valence electrons. The summed E-state index contributed by atoms with van der Waals surface area (Å²) in [6.07, 6.45) is 3.49. The third-order valence-electron chi connectivity index (χ3n) is 3.48. The van der Waals surface area contributed by atoms with Crippen LogP contribution in [0.15, 0.2) is 23.0 Å². The molecule has 1 nitrogen and oxygen atoms in total. The van der Waals surface area contributed by atoms with Crippen LogP contribution in [0.1, 0.15) is 54.9 Å². The van der Waals surface area contributed by atoms with E-state index in [9.17, 15) is 0 Å². The van der Waals surface area contributed by atoms with Crippen LogP contribution in [0.25, 0.3) is 0 Å². The fraction of sp³-hybridized carbons (Fsp3) is 0.750. The molecule has 1 aliphatic carbocycles. The third kappa shape index (κ3) is 2.94. The largest absolute Gasteiger partial charge is 0.496 e. The monoisotopic (exact) mass is 236 g/mol. The molecule has 0 amide bonds. The van der Waals surface area contributed by atoms with E-state index >= 15 is 0 Å². The van der Waals surface area contributed by atoms with Crippen LogP contribution in [0.2, 0.25) is 0 Å². The molecule has 0 fully saturated rings. The molecule has 1 aliphatic rings. The van der Waals surface area contributed by atoms with Gasteiger partial charge in [0.05, 0.1) is 7.11 Å². The summed E-state index contributed by atoms with van der Waals surface area (Å²) >= 11 is 0. The topological polar surface area (TPSA) is 9.23 Å². The number of methoxy groups -OCH3 is 1. The van der Waals surface area contributed by atoms with Gasteiger partial charge in [-0.2, -0.15) is 0 Å². The Balaban J connectivity index is 3.36. The van der Waals surface area contributed by atoms with Crippen molar-refractivity contribution in [1.29, 1.82) is 0 Å². The van der Waals surface area contributed by atoms with E-state index in [1.54, 1.807) is 7.11 Å². The molecule has 0 heterocycles. The standard InChI is InChI=1S/C16H28O/c1-11-9-10-12(15(2,3)4)14(17-8)13(11)16(5,6)7/h10-11H,9H2,1-8H3. The average Bonchev–Trinajstić information content (AvgIpc) is 2.12. The van der Waals surface area contributed by atoms with E-state index in [1.807, 2.05) is 0 Å². The lowest BCUT2D eigenvalue weighted by molar-refractivity contribution is 0.250. The van der Waals surface area contributed by atoms with Gasteiger partial charge in [0.1, 0.15) is 5.76 Å². The molecule has 0 N–H and O–H groups in total. The van der Waals surface area contributed by atoms with Gasteiger partial charge in [0.2, 0.25) is 0 Å². The number of hydrogen-bond acceptors (Lipinski definition) is 1. The molecule has 0 saturated carbocycles. The summed E-state index contributed by atoms with van der Waals surface area (Å²) < 4.78 is 5.75. The van der Waals surface area contributed by atoms with E-state index in [-0.39, 0.29) is 10.8 Å². The van der Waals surface area contributed by atoms with Crippen molar-refractivity contribution in [2.24, 2.45) is 16.7 Å². The first kappa shape index (κ1) is 14.3. The van der Waals surface area contributed by atoms with Gasteiger partial charge in [-0.25, -0.2) is 0 Å². The fourth-order valence-corrected chi connectivity index (χ4v) is 2.82. The van der Waals surface area contributed by atoms with Gasteiger partial charge in [-0.05, 0) is 34.3 Å². The molecule has 0 spiro atoms. The summed E-state index contributed by atoms with van der Waals surface area (Å²) in [5.41, 5.74) is 3.16. The smallest absolute Gasteiger partial charge is 0.122 e. The van der Waals surface area contributed by atoms with Crippen LogP contribution in [0.3, 0.4) is 0 Å². The zero-order valence-corrected chi connectivity index (χ0v) is 12.8. The predicted molar refractivity (Wildman–Crippen MR) is 74.8 cm³/mol. The SMILES string of the molecule is COC1=C(C(C)(C)C)C(C)CC=C1C(C)(C)C. The van der Waals surface area contributed by atoms with Gasteiger partial charge in [0, 0.05) is 0 Å². The Morgan fingerprint density at radius 2 is 1.59 bits per heavy atom. The molecule has 1 atom stereocenters. The second-order valence-corrected chi connectivity index (χ2v) is 7.20. The fourth-order valence-electron chi connectivity index (χ4n) is 2.82. The molecule has 0 aromatic heterocycles. The average molecular weight is 236 g/mol. The van der Waals surface area contributed by atoms with E-state index in [4.69, 9.17) is 4.74 Å². The Kier molecular flexibility index (Phi) is 3.81. The second kappa shape index (κ2) is 4.51. The Hall–Kier alpha value is -0.720. The van der Waals surface area contributed by atoms with Crippen molar-refractivity contribution in [2.75, 3.05) is 7.11 Å². The van der Waals surface area contributed by atoms with Gasteiger partial charge in [0.15, 0.2) is 0 Å². The van der Waals surface area contributed by atoms with Gasteiger partial charge >= 0.3 is 0 Å². The summed E-state index contributed by atoms with van der Waals surface area (Å²) in [7, 11) is 1.80. The predicted octanol–water partition coefficient (Wildman–Crippen LogP) is 4.95. The summed E-state index contributed by atoms with van der Waals surface area (Å²) in [4.78, 5) is 0. The van der Waals surface area contributed by atoms with Crippen molar-refractivity contribution < 1.29 is 4.74 Å². The van der Waals surface area contributed by atoms with Crippen molar-refractivity contribution in [1.82, 2.24) is 0 Å². The lowest BCUT2D eigenvalue weighted by atomic mass is 9.70. The number of hydrogen-bond donors (Lipinski definition) is 0. The van der Waals surface area contributed by atoms with E-state index < -0.39 is 0 Å². The van der Waals surface area contributed by atoms with Crippen LogP contribution >= 0.6 is 0 Å². The number of ether oxygens (including phenoxy) is 1. The van der Waals surface area contributed by atoms with Crippen LogP contribution < -0.4 is 0 Å². The lowest BCUT2D eigenvalue weighted by Gasteiger charge is -2.37. The molecular formula is C16H28O. The van der Waals surface area contributed by atoms with Crippen molar-refractivity contribution in [2.45, 2.75) is 54.9 Å². The Bertz CT molecular complexity index is 345. The van der Waals surface area contributed by atoms with Gasteiger partial charge in [-0.1, -0.05) is 54.5 Å². The summed E-state index contributed by atoms with van der Waals surface area (Å²) in [5.74, 6) is 1.71. The van der Waals surface area contributed by atoms with Crippen LogP contribution in [0.4, 0.5) is 0 Å². The highest BCUT2D eigenvalue weighted by Crippen LogP contribution is 2.45. The van der Waals surface area contributed by atoms with E-state index in [2.05, 4.69) is 54.5 Å². The summed E-state index contributed by atoms with van der Waals surface area (Å²) in [6.45, 7) is 15.9. The highest BCUT2D eigenvalue weighted by molar-refractivity contribution is 5.41. The number of allylic oxidation sites excluding steroid dienone is 3. The minimum absolute atomic E-state index is 0.155. The normalized spacial score (nSPS) is 22.6. The highest BCUT2D eigenvalue weighted by atomic mass is 16.5. The minimum atomic E-state index is 0.155. The first-order chi connectivity index (χ1) is 7.59. The first-order valence-electron chi connectivity index (χ1n) is 6.58. The molecule has 1 unspecified atom stereocenters. The van der Waals surface area contributed by atoms with Crippen LogP contribution in [-0.4, -0.2) is 7.11 Å². The van der Waals surface area contributed by atoms with Crippen LogP contribution in [0.5, 0.6) is 0 Å². The lowest BCUT2D eigenvalue weighted by Crippen LogP contribution is -2.26. The Morgan fingerprint density at radius 1 is 1.06 bits per heavy atom. The van der Waals surface area contributed by atoms with E-state index in [1.165, 1.54) is 11.1 Å². The Morgan fingerprint density at radius 3 is 1.94 bits per heavy atom. The van der Waals surface area contributed by atoms with Crippen molar-refractivity contribution in [3.63, 3.8) is 0 Å². The zero-order chi connectivity index (χ0) is 13.4. The van der Waals surface area contributed by atoms with Gasteiger partial charge < -0.3 is 4.74 Å². The van der Waals surface area contributed by atoms with Crippen molar-refractivity contribution in [3.05, 3.63) is 23.0 Å².